The molecular formula is C25H23N. The number of anilines is 2. The molecule has 1 unspecified atom stereocenters. The molecule has 0 spiro atoms. The van der Waals surface area contributed by atoms with Crippen LogP contribution in [0.15, 0.2) is 90.7 Å². The van der Waals surface area contributed by atoms with Crippen LogP contribution < -0.4 is 4.90 Å². The molecule has 2 atom stereocenters. The second-order valence-corrected chi connectivity index (χ2v) is 7.45. The molecule has 1 fully saturated rings. The van der Waals surface area contributed by atoms with Crippen molar-refractivity contribution >= 4 is 22.1 Å². The molecule has 0 radical (unpaired) electrons. The maximum absolute atomic E-state index is 2.51. The van der Waals surface area contributed by atoms with Gasteiger partial charge in [-0.15, -0.1) is 0 Å². The molecule has 0 amide bonds. The third kappa shape index (κ3) is 2.39. The number of aryl methyl sites for hydroxylation is 1. The molecule has 3 aromatic carbocycles. The van der Waals surface area contributed by atoms with E-state index < -0.39 is 0 Å². The molecule has 0 bridgehead atoms. The highest BCUT2D eigenvalue weighted by atomic mass is 15.2. The van der Waals surface area contributed by atoms with Crippen LogP contribution in [-0.2, 0) is 0 Å². The minimum atomic E-state index is 0.638. The Kier molecular flexibility index (Phi) is 3.67. The van der Waals surface area contributed by atoms with Gasteiger partial charge in [-0.3, -0.25) is 0 Å². The first-order valence-corrected chi connectivity index (χ1v) is 9.55. The quantitative estimate of drug-likeness (QED) is 0.510. The van der Waals surface area contributed by atoms with Gasteiger partial charge in [0.1, 0.15) is 0 Å². The SMILES string of the molecule is Cc1ccc2ccccc2c1N(C1=CC=C[C@H]2CCC12)c1ccccc1. The van der Waals surface area contributed by atoms with Crippen LogP contribution in [0.4, 0.5) is 11.4 Å². The molecule has 0 heterocycles. The Morgan fingerprint density at radius 2 is 1.65 bits per heavy atom. The predicted octanol–water partition coefficient (Wildman–Crippen LogP) is 6.77. The highest BCUT2D eigenvalue weighted by molar-refractivity contribution is 5.99. The zero-order valence-corrected chi connectivity index (χ0v) is 15.1. The Balaban J connectivity index is 1.77. The van der Waals surface area contributed by atoms with Crippen LogP contribution in [0.25, 0.3) is 10.8 Å². The van der Waals surface area contributed by atoms with Gasteiger partial charge in [0.25, 0.3) is 0 Å². The van der Waals surface area contributed by atoms with Crippen molar-refractivity contribution in [2.75, 3.05) is 4.90 Å². The van der Waals surface area contributed by atoms with Gasteiger partial charge < -0.3 is 4.90 Å². The second kappa shape index (κ2) is 6.17. The molecule has 3 aromatic rings. The lowest BCUT2D eigenvalue weighted by Gasteiger charge is -2.44. The number of hydrogen-bond acceptors (Lipinski definition) is 1. The summed E-state index contributed by atoms with van der Waals surface area (Å²) in [5.41, 5.74) is 5.33. The van der Waals surface area contributed by atoms with E-state index in [9.17, 15) is 0 Å². The predicted molar refractivity (Wildman–Crippen MR) is 111 cm³/mol. The van der Waals surface area contributed by atoms with Gasteiger partial charge >= 0.3 is 0 Å². The second-order valence-electron chi connectivity index (χ2n) is 7.45. The van der Waals surface area contributed by atoms with E-state index in [1.54, 1.807) is 0 Å². The van der Waals surface area contributed by atoms with Gasteiger partial charge in [0.2, 0.25) is 0 Å². The van der Waals surface area contributed by atoms with Crippen LogP contribution in [0.1, 0.15) is 18.4 Å². The van der Waals surface area contributed by atoms with E-state index in [-0.39, 0.29) is 0 Å². The highest BCUT2D eigenvalue weighted by Gasteiger charge is 2.37. The summed E-state index contributed by atoms with van der Waals surface area (Å²) in [5, 5.41) is 2.62. The van der Waals surface area contributed by atoms with E-state index in [0.29, 0.717) is 11.8 Å². The molecule has 128 valence electrons. The molecular weight excluding hydrogens is 314 g/mol. The van der Waals surface area contributed by atoms with Gasteiger partial charge in [0.05, 0.1) is 5.69 Å². The van der Waals surface area contributed by atoms with Crippen LogP contribution >= 0.6 is 0 Å². The average molecular weight is 337 g/mol. The maximum atomic E-state index is 2.51. The van der Waals surface area contributed by atoms with Gasteiger partial charge in [-0.1, -0.05) is 66.7 Å². The van der Waals surface area contributed by atoms with Gasteiger partial charge in [-0.05, 0) is 54.8 Å². The number of allylic oxidation sites excluding steroid dienone is 4. The Morgan fingerprint density at radius 1 is 0.846 bits per heavy atom. The third-order valence-electron chi connectivity index (χ3n) is 5.93. The van der Waals surface area contributed by atoms with E-state index in [4.69, 9.17) is 0 Å². The van der Waals surface area contributed by atoms with Crippen molar-refractivity contribution in [1.82, 2.24) is 0 Å². The summed E-state index contributed by atoms with van der Waals surface area (Å²) < 4.78 is 0. The van der Waals surface area contributed by atoms with Crippen LogP contribution in [0, 0.1) is 18.8 Å². The molecule has 1 heteroatoms. The lowest BCUT2D eigenvalue weighted by Crippen LogP contribution is -2.35. The molecule has 0 aliphatic heterocycles. The van der Waals surface area contributed by atoms with Crippen LogP contribution in [0.3, 0.4) is 0 Å². The number of benzene rings is 3. The first-order valence-electron chi connectivity index (χ1n) is 9.55. The largest absolute Gasteiger partial charge is 0.313 e. The molecule has 5 rings (SSSR count). The first-order chi connectivity index (χ1) is 12.8. The highest BCUT2D eigenvalue weighted by Crippen LogP contribution is 2.48. The van der Waals surface area contributed by atoms with E-state index in [1.807, 2.05) is 0 Å². The third-order valence-corrected chi connectivity index (χ3v) is 5.93. The van der Waals surface area contributed by atoms with E-state index in [0.717, 1.165) is 0 Å². The molecule has 0 saturated heterocycles. The molecule has 0 aromatic heterocycles. The van der Waals surface area contributed by atoms with Crippen molar-refractivity contribution < 1.29 is 0 Å². The van der Waals surface area contributed by atoms with Crippen molar-refractivity contribution in [2.45, 2.75) is 19.8 Å². The Bertz CT molecular complexity index is 1010. The van der Waals surface area contributed by atoms with Crippen molar-refractivity contribution in [3.05, 3.63) is 96.2 Å². The summed E-state index contributed by atoms with van der Waals surface area (Å²) in [5.74, 6) is 1.34. The topological polar surface area (TPSA) is 3.24 Å². The van der Waals surface area contributed by atoms with Crippen LogP contribution in [0.5, 0.6) is 0 Å². The number of para-hydroxylation sites is 1. The average Bonchev–Trinajstić information content (AvgIpc) is 2.66. The van der Waals surface area contributed by atoms with Gasteiger partial charge in [0.15, 0.2) is 0 Å². The Hall–Kier alpha value is -2.80. The fourth-order valence-corrected chi connectivity index (χ4v) is 4.43. The molecule has 2 aliphatic rings. The summed E-state index contributed by atoms with van der Waals surface area (Å²) in [6.07, 6.45) is 9.57. The number of nitrogens with zero attached hydrogens (tertiary/aromatic N) is 1. The normalized spacial score (nSPS) is 21.0. The zero-order chi connectivity index (χ0) is 17.5. The number of fused-ring (bicyclic) bond motifs is 2. The van der Waals surface area contributed by atoms with E-state index >= 15 is 0 Å². The van der Waals surface area contributed by atoms with Crippen LogP contribution in [-0.4, -0.2) is 0 Å². The zero-order valence-electron chi connectivity index (χ0n) is 15.1. The smallest absolute Gasteiger partial charge is 0.0566 e. The lowest BCUT2D eigenvalue weighted by atomic mass is 9.69. The Morgan fingerprint density at radius 3 is 2.46 bits per heavy atom. The fourth-order valence-electron chi connectivity index (χ4n) is 4.43. The lowest BCUT2D eigenvalue weighted by molar-refractivity contribution is 0.264. The summed E-state index contributed by atoms with van der Waals surface area (Å²) >= 11 is 0. The Labute approximate surface area is 155 Å². The minimum Gasteiger partial charge on any atom is -0.313 e. The molecule has 0 N–H and O–H groups in total. The molecule has 1 nitrogen and oxygen atoms in total. The van der Waals surface area contributed by atoms with Crippen molar-refractivity contribution in [3.63, 3.8) is 0 Å². The van der Waals surface area contributed by atoms with E-state index in [1.165, 1.54) is 46.2 Å². The van der Waals surface area contributed by atoms with Crippen molar-refractivity contribution in [1.29, 1.82) is 0 Å². The summed E-state index contributed by atoms with van der Waals surface area (Å²) in [4.78, 5) is 2.51. The maximum Gasteiger partial charge on any atom is 0.0566 e. The summed E-state index contributed by atoms with van der Waals surface area (Å²) in [6, 6.07) is 24.1. The van der Waals surface area contributed by atoms with Gasteiger partial charge in [-0.2, -0.15) is 0 Å². The molecule has 2 aliphatic carbocycles. The first kappa shape index (κ1) is 15.5. The number of rotatable bonds is 3. The fraction of sp³-hybridized carbons (Fsp3) is 0.200. The van der Waals surface area contributed by atoms with E-state index in [2.05, 4.69) is 96.8 Å². The van der Waals surface area contributed by atoms with Gasteiger partial charge in [0, 0.05) is 22.7 Å². The number of hydrogen-bond donors (Lipinski definition) is 0. The molecule has 26 heavy (non-hydrogen) atoms. The van der Waals surface area contributed by atoms with Crippen molar-refractivity contribution in [2.24, 2.45) is 11.8 Å². The monoisotopic (exact) mass is 337 g/mol. The standard InChI is InChI=1S/C25H23N/c1-18-14-15-20-8-5-6-12-23(20)25(18)26(21-10-3-2-4-11-21)24-13-7-9-19-16-17-22(19)24/h2-15,19,22H,16-17H2,1H3/t19-,22?/m0/s1. The van der Waals surface area contributed by atoms with Crippen LogP contribution in [0.2, 0.25) is 0 Å². The summed E-state index contributed by atoms with van der Waals surface area (Å²) in [7, 11) is 0. The molecule has 1 saturated carbocycles. The van der Waals surface area contributed by atoms with Crippen molar-refractivity contribution in [3.8, 4) is 0 Å². The van der Waals surface area contributed by atoms with Gasteiger partial charge in [-0.25, -0.2) is 0 Å². The summed E-state index contributed by atoms with van der Waals surface area (Å²) in [6.45, 7) is 2.23. The minimum absolute atomic E-state index is 0.638.